The van der Waals surface area contributed by atoms with Gasteiger partial charge >= 0.3 is 0 Å². The number of nitrogens with zero attached hydrogens (tertiary/aromatic N) is 2. The molecule has 1 aliphatic carbocycles. The summed E-state index contributed by atoms with van der Waals surface area (Å²) in [6.07, 6.45) is 4.25. The number of aliphatic imine (C=N–C) groups is 2. The van der Waals surface area contributed by atoms with Crippen molar-refractivity contribution in [2.24, 2.45) is 27.2 Å². The Morgan fingerprint density at radius 1 is 1.20 bits per heavy atom. The molecule has 0 bridgehead atoms. The number of para-hydroxylation sites is 1. The Kier molecular flexibility index (Phi) is 4.39. The van der Waals surface area contributed by atoms with Gasteiger partial charge < -0.3 is 21.9 Å². The number of rotatable bonds is 3. The number of guanidine groups is 2. The molecule has 2 rings (SSSR count). The molecular formula is C13H18FN5O. The summed E-state index contributed by atoms with van der Waals surface area (Å²) in [6.45, 7) is 0. The standard InChI is InChI=1S/C13H18FN5O/c14-9-6-3-7-10(20-8-4-1-2-5-8)11(9)18-13(17)19-12(15)16/h3,6-8H,1-2,4-5H2,(H6,15,16,17,18,19). The molecule has 0 spiro atoms. The number of nitrogens with two attached hydrogens (primary N) is 3. The van der Waals surface area contributed by atoms with Gasteiger partial charge in [-0.2, -0.15) is 4.99 Å². The van der Waals surface area contributed by atoms with Crippen LogP contribution in [0.5, 0.6) is 5.75 Å². The van der Waals surface area contributed by atoms with E-state index in [2.05, 4.69) is 9.98 Å². The molecule has 6 N–H and O–H groups in total. The van der Waals surface area contributed by atoms with Crippen LogP contribution in [0.3, 0.4) is 0 Å². The van der Waals surface area contributed by atoms with Crippen LogP contribution >= 0.6 is 0 Å². The van der Waals surface area contributed by atoms with Gasteiger partial charge in [0.1, 0.15) is 11.4 Å². The van der Waals surface area contributed by atoms with Crippen LogP contribution < -0.4 is 21.9 Å². The number of ether oxygens (including phenoxy) is 1. The van der Waals surface area contributed by atoms with Gasteiger partial charge in [-0.15, -0.1) is 0 Å². The van der Waals surface area contributed by atoms with E-state index in [-0.39, 0.29) is 23.7 Å². The molecule has 0 atom stereocenters. The highest BCUT2D eigenvalue weighted by molar-refractivity contribution is 5.93. The maximum atomic E-state index is 13.9. The summed E-state index contributed by atoms with van der Waals surface area (Å²) in [5.41, 5.74) is 15.9. The Morgan fingerprint density at radius 2 is 1.90 bits per heavy atom. The van der Waals surface area contributed by atoms with E-state index in [1.165, 1.54) is 6.07 Å². The fourth-order valence-corrected chi connectivity index (χ4v) is 2.16. The molecule has 1 aromatic rings. The van der Waals surface area contributed by atoms with Crippen molar-refractivity contribution in [2.45, 2.75) is 31.8 Å². The van der Waals surface area contributed by atoms with Crippen molar-refractivity contribution in [3.8, 4) is 5.75 Å². The average Bonchev–Trinajstić information content (AvgIpc) is 2.85. The summed E-state index contributed by atoms with van der Waals surface area (Å²) in [7, 11) is 0. The van der Waals surface area contributed by atoms with Crippen molar-refractivity contribution in [1.82, 2.24) is 0 Å². The van der Waals surface area contributed by atoms with Crippen molar-refractivity contribution in [3.05, 3.63) is 24.0 Å². The monoisotopic (exact) mass is 279 g/mol. The minimum absolute atomic E-state index is 0.0156. The quantitative estimate of drug-likeness (QED) is 0.573. The second-order valence-corrected chi connectivity index (χ2v) is 4.62. The minimum Gasteiger partial charge on any atom is -0.488 e. The van der Waals surface area contributed by atoms with Crippen LogP contribution in [0.1, 0.15) is 25.7 Å². The molecular weight excluding hydrogens is 261 g/mol. The molecule has 0 aliphatic heterocycles. The lowest BCUT2D eigenvalue weighted by atomic mass is 10.2. The van der Waals surface area contributed by atoms with Crippen LogP contribution in [0.4, 0.5) is 10.1 Å². The van der Waals surface area contributed by atoms with Crippen LogP contribution in [0, 0.1) is 5.82 Å². The average molecular weight is 279 g/mol. The van der Waals surface area contributed by atoms with Crippen molar-refractivity contribution in [3.63, 3.8) is 0 Å². The normalized spacial score (nSPS) is 16.1. The fourth-order valence-electron chi connectivity index (χ4n) is 2.16. The Morgan fingerprint density at radius 3 is 2.55 bits per heavy atom. The van der Waals surface area contributed by atoms with Gasteiger partial charge in [-0.1, -0.05) is 6.07 Å². The summed E-state index contributed by atoms with van der Waals surface area (Å²) in [4.78, 5) is 7.45. The first-order chi connectivity index (χ1) is 9.56. The second-order valence-electron chi connectivity index (χ2n) is 4.62. The van der Waals surface area contributed by atoms with Gasteiger partial charge in [0.15, 0.2) is 11.8 Å². The van der Waals surface area contributed by atoms with Gasteiger partial charge in [0.05, 0.1) is 6.10 Å². The van der Waals surface area contributed by atoms with Gasteiger partial charge in [-0.3, -0.25) is 0 Å². The molecule has 6 nitrogen and oxygen atoms in total. The zero-order chi connectivity index (χ0) is 14.5. The molecule has 7 heteroatoms. The Balaban J connectivity index is 2.28. The molecule has 1 saturated carbocycles. The van der Waals surface area contributed by atoms with Crippen molar-refractivity contribution < 1.29 is 9.13 Å². The molecule has 0 radical (unpaired) electrons. The molecule has 0 aromatic heterocycles. The first kappa shape index (κ1) is 14.1. The molecule has 0 heterocycles. The van der Waals surface area contributed by atoms with E-state index >= 15 is 0 Å². The molecule has 1 aromatic carbocycles. The van der Waals surface area contributed by atoms with Gasteiger partial charge in [0.2, 0.25) is 5.96 Å². The van der Waals surface area contributed by atoms with Crippen LogP contribution in [-0.2, 0) is 0 Å². The highest BCUT2D eigenvalue weighted by atomic mass is 19.1. The van der Waals surface area contributed by atoms with Gasteiger partial charge in [0.25, 0.3) is 0 Å². The lowest BCUT2D eigenvalue weighted by Crippen LogP contribution is -2.26. The molecule has 1 aliphatic rings. The summed E-state index contributed by atoms with van der Waals surface area (Å²) < 4.78 is 19.6. The van der Waals surface area contributed by atoms with Crippen LogP contribution in [0.25, 0.3) is 0 Å². The first-order valence-corrected chi connectivity index (χ1v) is 6.45. The summed E-state index contributed by atoms with van der Waals surface area (Å²) in [5, 5.41) is 0. The van der Waals surface area contributed by atoms with E-state index in [0.717, 1.165) is 25.7 Å². The van der Waals surface area contributed by atoms with E-state index in [0.29, 0.717) is 5.75 Å². The highest BCUT2D eigenvalue weighted by Crippen LogP contribution is 2.33. The van der Waals surface area contributed by atoms with Gasteiger partial charge in [-0.25, -0.2) is 9.38 Å². The van der Waals surface area contributed by atoms with Crippen LogP contribution in [0.15, 0.2) is 28.2 Å². The third kappa shape index (κ3) is 3.59. The molecule has 0 unspecified atom stereocenters. The maximum Gasteiger partial charge on any atom is 0.224 e. The van der Waals surface area contributed by atoms with Gasteiger partial charge in [0, 0.05) is 0 Å². The predicted molar refractivity (Wildman–Crippen MR) is 76.4 cm³/mol. The smallest absolute Gasteiger partial charge is 0.224 e. The lowest BCUT2D eigenvalue weighted by molar-refractivity contribution is 0.210. The SMILES string of the molecule is NC(N)=NC(N)=Nc1c(F)cccc1OC1CCCC1. The van der Waals surface area contributed by atoms with Crippen molar-refractivity contribution >= 4 is 17.6 Å². The van der Waals surface area contributed by atoms with Crippen molar-refractivity contribution in [2.75, 3.05) is 0 Å². The molecule has 0 amide bonds. The minimum atomic E-state index is -0.533. The summed E-state index contributed by atoms with van der Waals surface area (Å²) in [6, 6.07) is 4.50. The Hall–Kier alpha value is -2.31. The maximum absolute atomic E-state index is 13.9. The Labute approximate surface area is 116 Å². The second kappa shape index (κ2) is 6.23. The number of hydrogen-bond acceptors (Lipinski definition) is 2. The lowest BCUT2D eigenvalue weighted by Gasteiger charge is -2.15. The highest BCUT2D eigenvalue weighted by Gasteiger charge is 2.19. The fraction of sp³-hybridized carbons (Fsp3) is 0.385. The van der Waals surface area contributed by atoms with Crippen LogP contribution in [-0.4, -0.2) is 18.0 Å². The Bertz CT molecular complexity index is 534. The van der Waals surface area contributed by atoms with E-state index in [9.17, 15) is 4.39 Å². The third-order valence-corrected chi connectivity index (χ3v) is 3.02. The van der Waals surface area contributed by atoms with E-state index in [1.807, 2.05) is 0 Å². The van der Waals surface area contributed by atoms with E-state index in [4.69, 9.17) is 21.9 Å². The van der Waals surface area contributed by atoms with E-state index in [1.54, 1.807) is 12.1 Å². The molecule has 1 fully saturated rings. The van der Waals surface area contributed by atoms with Crippen molar-refractivity contribution in [1.29, 1.82) is 0 Å². The largest absolute Gasteiger partial charge is 0.488 e. The molecule has 108 valence electrons. The molecule has 0 saturated heterocycles. The zero-order valence-corrected chi connectivity index (χ0v) is 11.1. The topological polar surface area (TPSA) is 112 Å². The number of halogens is 1. The van der Waals surface area contributed by atoms with Gasteiger partial charge in [-0.05, 0) is 37.8 Å². The molecule has 20 heavy (non-hydrogen) atoms. The predicted octanol–water partition coefficient (Wildman–Crippen LogP) is 1.37. The first-order valence-electron chi connectivity index (χ1n) is 6.45. The number of hydrogen-bond donors (Lipinski definition) is 3. The third-order valence-electron chi connectivity index (χ3n) is 3.02. The number of benzene rings is 1. The van der Waals surface area contributed by atoms with E-state index < -0.39 is 5.82 Å². The van der Waals surface area contributed by atoms with Crippen LogP contribution in [0.2, 0.25) is 0 Å². The summed E-state index contributed by atoms with van der Waals surface area (Å²) in [5.74, 6) is -0.632. The zero-order valence-electron chi connectivity index (χ0n) is 11.1. The summed E-state index contributed by atoms with van der Waals surface area (Å²) >= 11 is 0.